The summed E-state index contributed by atoms with van der Waals surface area (Å²) in [7, 11) is 0. The lowest BCUT2D eigenvalue weighted by Crippen LogP contribution is -2.49. The Hall–Kier alpha value is -3.71. The Kier molecular flexibility index (Phi) is 6.74. The number of alkyl halides is 1. The van der Waals surface area contributed by atoms with Gasteiger partial charge in [0.25, 0.3) is 0 Å². The molecule has 5 rings (SSSR count). The molecule has 3 aromatic carbocycles. The average Bonchev–Trinajstić information content (AvgIpc) is 2.86. The molecule has 186 valence electrons. The minimum Gasteiger partial charge on any atom is -0.508 e. The third kappa shape index (κ3) is 4.58. The summed E-state index contributed by atoms with van der Waals surface area (Å²) < 4.78 is 39.5. The molecule has 1 saturated heterocycles. The van der Waals surface area contributed by atoms with Crippen LogP contribution < -0.4 is 9.47 Å². The number of hydrogen-bond donors (Lipinski definition) is 1. The second-order valence-electron chi connectivity index (χ2n) is 9.21. The van der Waals surface area contributed by atoms with E-state index in [4.69, 9.17) is 9.47 Å². The molecule has 0 spiro atoms. The summed E-state index contributed by atoms with van der Waals surface area (Å²) in [6.07, 6.45) is -0.604. The van der Waals surface area contributed by atoms with Gasteiger partial charge in [-0.05, 0) is 55.1 Å². The van der Waals surface area contributed by atoms with Crippen LogP contribution in [0.4, 0.5) is 14.5 Å². The van der Waals surface area contributed by atoms with E-state index in [-0.39, 0.29) is 24.1 Å². The van der Waals surface area contributed by atoms with Crippen molar-refractivity contribution in [1.29, 1.82) is 0 Å². The lowest BCUT2D eigenvalue weighted by molar-refractivity contribution is 0.0668. The quantitative estimate of drug-likeness (QED) is 0.382. The second-order valence-corrected chi connectivity index (χ2v) is 9.21. The fourth-order valence-corrected chi connectivity index (χ4v) is 4.89. The van der Waals surface area contributed by atoms with E-state index in [1.54, 1.807) is 24.3 Å². The van der Waals surface area contributed by atoms with Gasteiger partial charge in [-0.25, -0.2) is 4.39 Å². The maximum absolute atomic E-state index is 14.8. The molecule has 1 atom stereocenters. The summed E-state index contributed by atoms with van der Waals surface area (Å²) in [5.41, 5.74) is 4.44. The molecule has 0 aliphatic carbocycles. The normalized spacial score (nSPS) is 17.8. The molecular weight excluding hydrogens is 462 g/mol. The minimum atomic E-state index is -0.604. The van der Waals surface area contributed by atoms with E-state index < -0.39 is 11.9 Å². The highest BCUT2D eigenvalue weighted by molar-refractivity contribution is 5.98. The Morgan fingerprint density at radius 1 is 1.11 bits per heavy atom. The van der Waals surface area contributed by atoms with E-state index in [9.17, 15) is 13.9 Å². The fraction of sp³-hybridized carbons (Fsp3) is 0.276. The van der Waals surface area contributed by atoms with Crippen molar-refractivity contribution in [2.24, 2.45) is 10.9 Å². The summed E-state index contributed by atoms with van der Waals surface area (Å²) in [4.78, 5) is 6.28. The third-order valence-corrected chi connectivity index (χ3v) is 6.82. The third-order valence-electron chi connectivity index (χ3n) is 6.82. The molecule has 0 aromatic heterocycles. The Bertz CT molecular complexity index is 1300. The van der Waals surface area contributed by atoms with Crippen LogP contribution in [0.25, 0.3) is 11.1 Å². The molecule has 0 radical (unpaired) electrons. The van der Waals surface area contributed by atoms with E-state index in [2.05, 4.69) is 16.6 Å². The smallest absolute Gasteiger partial charge is 0.165 e. The van der Waals surface area contributed by atoms with Crippen molar-refractivity contribution in [3.05, 3.63) is 83.2 Å². The van der Waals surface area contributed by atoms with Gasteiger partial charge in [0, 0.05) is 48.3 Å². The van der Waals surface area contributed by atoms with Crippen molar-refractivity contribution in [1.82, 2.24) is 4.90 Å². The zero-order chi connectivity index (χ0) is 25.2. The minimum absolute atomic E-state index is 0.0825. The highest BCUT2D eigenvalue weighted by Gasteiger charge is 2.32. The van der Waals surface area contributed by atoms with Crippen molar-refractivity contribution in [2.45, 2.75) is 13.0 Å². The number of fused-ring (bicyclic) bond motifs is 1. The SMILES string of the molecule is C=Nc1cc(O)ccc1C1=C(C)c2cccc(F)c2OC1c1ccc(OCCN2CC(CF)C2)cc1. The van der Waals surface area contributed by atoms with Gasteiger partial charge in [0.05, 0.1) is 12.4 Å². The number of phenols is 1. The monoisotopic (exact) mass is 490 g/mol. The number of para-hydroxylation sites is 1. The van der Waals surface area contributed by atoms with Crippen LogP contribution >= 0.6 is 0 Å². The van der Waals surface area contributed by atoms with Crippen molar-refractivity contribution in [3.8, 4) is 17.2 Å². The summed E-state index contributed by atoms with van der Waals surface area (Å²) in [5.74, 6) is 0.732. The van der Waals surface area contributed by atoms with E-state index in [1.165, 1.54) is 6.07 Å². The van der Waals surface area contributed by atoms with Crippen LogP contribution in [0.1, 0.15) is 29.7 Å². The highest BCUT2D eigenvalue weighted by Crippen LogP contribution is 2.49. The van der Waals surface area contributed by atoms with Gasteiger partial charge in [0.2, 0.25) is 0 Å². The highest BCUT2D eigenvalue weighted by atomic mass is 19.1. The van der Waals surface area contributed by atoms with Gasteiger partial charge in [0.15, 0.2) is 11.6 Å². The molecule has 1 fully saturated rings. The zero-order valence-electron chi connectivity index (χ0n) is 20.1. The molecule has 3 aromatic rings. The lowest BCUT2D eigenvalue weighted by Gasteiger charge is -2.37. The largest absolute Gasteiger partial charge is 0.508 e. The van der Waals surface area contributed by atoms with Gasteiger partial charge < -0.3 is 14.6 Å². The van der Waals surface area contributed by atoms with Crippen LogP contribution in [0.2, 0.25) is 0 Å². The molecule has 2 aliphatic heterocycles. The molecular formula is C29H28F2N2O3. The fourth-order valence-electron chi connectivity index (χ4n) is 4.89. The van der Waals surface area contributed by atoms with E-state index in [0.717, 1.165) is 41.9 Å². The molecule has 2 aliphatic rings. The number of ether oxygens (including phenoxy) is 2. The summed E-state index contributed by atoms with van der Waals surface area (Å²) in [6, 6.07) is 17.3. The first-order valence-corrected chi connectivity index (χ1v) is 12.0. The standard InChI is InChI=1S/C29H28F2N2O3/c1-18-23-4-3-5-25(31)29(23)36-28(27(18)24-11-8-21(34)14-26(24)32-2)20-6-9-22(10-7-20)35-13-12-33-16-19(15-30)17-33/h3-11,14,19,28,34H,2,12-13,15-17H2,1H3. The van der Waals surface area contributed by atoms with Crippen molar-refractivity contribution in [2.75, 3.05) is 32.9 Å². The lowest BCUT2D eigenvalue weighted by atomic mass is 9.85. The van der Waals surface area contributed by atoms with Crippen LogP contribution in [-0.2, 0) is 0 Å². The Morgan fingerprint density at radius 2 is 1.89 bits per heavy atom. The van der Waals surface area contributed by atoms with Crippen LogP contribution in [0, 0.1) is 11.7 Å². The zero-order valence-corrected chi connectivity index (χ0v) is 20.1. The molecule has 0 saturated carbocycles. The molecule has 2 heterocycles. The van der Waals surface area contributed by atoms with Crippen LogP contribution in [0.3, 0.4) is 0 Å². The predicted molar refractivity (Wildman–Crippen MR) is 137 cm³/mol. The van der Waals surface area contributed by atoms with Crippen LogP contribution in [0.5, 0.6) is 17.2 Å². The van der Waals surface area contributed by atoms with Gasteiger partial charge in [-0.15, -0.1) is 0 Å². The van der Waals surface area contributed by atoms with Crippen LogP contribution in [-0.4, -0.2) is 49.6 Å². The number of allylic oxidation sites excluding steroid dienone is 1. The Morgan fingerprint density at radius 3 is 2.61 bits per heavy atom. The number of phenolic OH excluding ortho intramolecular Hbond substituents is 1. The van der Waals surface area contributed by atoms with Gasteiger partial charge >= 0.3 is 0 Å². The number of aliphatic imine (C=N–C) groups is 1. The Labute approximate surface area is 209 Å². The maximum atomic E-state index is 14.8. The number of likely N-dealkylation sites (tertiary alicyclic amines) is 1. The van der Waals surface area contributed by atoms with Gasteiger partial charge in [-0.1, -0.05) is 24.3 Å². The molecule has 1 N–H and O–H groups in total. The topological polar surface area (TPSA) is 54.3 Å². The number of rotatable bonds is 8. The second kappa shape index (κ2) is 10.1. The molecule has 36 heavy (non-hydrogen) atoms. The van der Waals surface area contributed by atoms with E-state index in [1.807, 2.05) is 37.3 Å². The summed E-state index contributed by atoms with van der Waals surface area (Å²) in [6.45, 7) is 8.16. The van der Waals surface area contributed by atoms with Crippen LogP contribution in [0.15, 0.2) is 65.7 Å². The first-order chi connectivity index (χ1) is 17.5. The number of nitrogens with zero attached hydrogens (tertiary/aromatic N) is 2. The number of benzene rings is 3. The predicted octanol–water partition coefficient (Wildman–Crippen LogP) is 6.21. The van der Waals surface area contributed by atoms with E-state index in [0.29, 0.717) is 23.6 Å². The molecule has 1 unspecified atom stereocenters. The van der Waals surface area contributed by atoms with Gasteiger partial charge in [-0.3, -0.25) is 14.3 Å². The van der Waals surface area contributed by atoms with E-state index >= 15 is 0 Å². The molecule has 5 nitrogen and oxygen atoms in total. The maximum Gasteiger partial charge on any atom is 0.165 e. The number of hydrogen-bond acceptors (Lipinski definition) is 5. The molecule has 0 amide bonds. The summed E-state index contributed by atoms with van der Waals surface area (Å²) >= 11 is 0. The molecule has 0 bridgehead atoms. The summed E-state index contributed by atoms with van der Waals surface area (Å²) in [5, 5.41) is 9.97. The van der Waals surface area contributed by atoms with Crippen molar-refractivity contribution < 1.29 is 23.4 Å². The first kappa shape index (κ1) is 24.0. The first-order valence-electron chi connectivity index (χ1n) is 12.0. The van der Waals surface area contributed by atoms with Gasteiger partial charge in [-0.2, -0.15) is 0 Å². The van der Waals surface area contributed by atoms with Crippen molar-refractivity contribution in [3.63, 3.8) is 0 Å². The average molecular weight is 491 g/mol. The molecule has 7 heteroatoms. The van der Waals surface area contributed by atoms with Crippen molar-refractivity contribution >= 4 is 23.6 Å². The number of aromatic hydroxyl groups is 1. The Balaban J connectivity index is 1.43. The number of halogens is 2. The van der Waals surface area contributed by atoms with Gasteiger partial charge in [0.1, 0.15) is 24.2 Å².